The molecule has 2 nitrogen and oxygen atoms in total. The molecule has 2 rings (SSSR count). The van der Waals surface area contributed by atoms with Crippen LogP contribution in [0.25, 0.3) is 0 Å². The highest BCUT2D eigenvalue weighted by Crippen LogP contribution is 2.27. The number of hydrogen-bond donors (Lipinski definition) is 0. The molecule has 0 radical (unpaired) electrons. The number of carbonyl (C=O) groups is 1. The maximum Gasteiger partial charge on any atom is 0.170 e. The second kappa shape index (κ2) is 3.21. The van der Waals surface area contributed by atoms with Gasteiger partial charge < -0.3 is 4.74 Å². The minimum atomic E-state index is 0.0717. The molecule has 0 unspecified atom stereocenters. The van der Waals surface area contributed by atoms with Crippen LogP contribution in [-0.4, -0.2) is 11.9 Å². The number of ether oxygens (including phenoxy) is 1. The molecule has 0 saturated heterocycles. The monoisotopic (exact) mass is 176 g/mol. The van der Waals surface area contributed by atoms with Crippen molar-refractivity contribution in [3.8, 4) is 5.75 Å². The van der Waals surface area contributed by atoms with Crippen LogP contribution in [0.1, 0.15) is 30.1 Å². The summed E-state index contributed by atoms with van der Waals surface area (Å²) in [7, 11) is 0. The quantitative estimate of drug-likeness (QED) is 0.656. The molecule has 0 amide bonds. The molecule has 1 aromatic carbocycles. The third-order valence-electron chi connectivity index (χ3n) is 2.35. The Hall–Kier alpha value is -1.31. The largest absolute Gasteiger partial charge is 0.489 e. The number of fused-ring (bicyclic) bond motifs is 1. The lowest BCUT2D eigenvalue weighted by molar-refractivity contribution is 0.0845. The van der Waals surface area contributed by atoms with Crippen LogP contribution in [0.4, 0.5) is 0 Å². The van der Waals surface area contributed by atoms with E-state index >= 15 is 0 Å². The summed E-state index contributed by atoms with van der Waals surface area (Å²) in [4.78, 5) is 11.6. The van der Waals surface area contributed by atoms with Crippen molar-refractivity contribution in [3.63, 3.8) is 0 Å². The van der Waals surface area contributed by atoms with Gasteiger partial charge in [-0.1, -0.05) is 19.1 Å². The van der Waals surface area contributed by atoms with Gasteiger partial charge in [0.2, 0.25) is 0 Å². The second-order valence-corrected chi connectivity index (χ2v) is 3.27. The van der Waals surface area contributed by atoms with E-state index in [9.17, 15) is 4.79 Å². The Morgan fingerprint density at radius 3 is 3.00 bits per heavy atom. The highest BCUT2D eigenvalue weighted by Gasteiger charge is 2.24. The molecule has 0 saturated carbocycles. The second-order valence-electron chi connectivity index (χ2n) is 3.27. The lowest BCUT2D eigenvalue weighted by Gasteiger charge is -2.23. The van der Waals surface area contributed by atoms with Crippen molar-refractivity contribution in [1.82, 2.24) is 0 Å². The third-order valence-corrected chi connectivity index (χ3v) is 2.35. The van der Waals surface area contributed by atoms with Gasteiger partial charge in [0.25, 0.3) is 0 Å². The molecule has 68 valence electrons. The van der Waals surface area contributed by atoms with Crippen LogP contribution in [0.2, 0.25) is 0 Å². The van der Waals surface area contributed by atoms with E-state index in [1.54, 1.807) is 0 Å². The molecule has 0 spiro atoms. The minimum Gasteiger partial charge on any atom is -0.489 e. The molecule has 1 aromatic rings. The summed E-state index contributed by atoms with van der Waals surface area (Å²) in [6, 6.07) is 7.44. The topological polar surface area (TPSA) is 26.3 Å². The summed E-state index contributed by atoms with van der Waals surface area (Å²) < 4.78 is 5.63. The number of rotatable bonds is 1. The molecule has 0 aliphatic carbocycles. The molecule has 0 fully saturated rings. The van der Waals surface area contributed by atoms with Gasteiger partial charge in [0, 0.05) is 6.42 Å². The molecule has 1 heterocycles. The van der Waals surface area contributed by atoms with Gasteiger partial charge in [-0.3, -0.25) is 4.79 Å². The molecule has 13 heavy (non-hydrogen) atoms. The number of carbonyl (C=O) groups excluding carboxylic acids is 1. The van der Waals surface area contributed by atoms with Crippen molar-refractivity contribution < 1.29 is 9.53 Å². The van der Waals surface area contributed by atoms with Gasteiger partial charge in [0.15, 0.2) is 5.78 Å². The van der Waals surface area contributed by atoms with E-state index in [0.717, 1.165) is 17.7 Å². The Labute approximate surface area is 77.5 Å². The molecule has 0 aromatic heterocycles. The molecule has 1 atom stereocenters. The van der Waals surface area contributed by atoms with Gasteiger partial charge in [-0.25, -0.2) is 0 Å². The fourth-order valence-corrected chi connectivity index (χ4v) is 1.57. The van der Waals surface area contributed by atoms with Crippen LogP contribution in [0.5, 0.6) is 5.75 Å². The van der Waals surface area contributed by atoms with Crippen molar-refractivity contribution in [2.45, 2.75) is 25.9 Å². The fourth-order valence-electron chi connectivity index (χ4n) is 1.57. The van der Waals surface area contributed by atoms with Gasteiger partial charge in [-0.05, 0) is 18.6 Å². The Morgan fingerprint density at radius 2 is 2.23 bits per heavy atom. The number of Topliss-reactive ketones (excluding diaryl/α,β-unsaturated/α-hetero) is 1. The van der Waals surface area contributed by atoms with Crippen LogP contribution in [0.15, 0.2) is 24.3 Å². The SMILES string of the molecule is CC[C@@H]1CC(=O)c2ccccc2O1. The minimum absolute atomic E-state index is 0.0717. The van der Waals surface area contributed by atoms with Crippen LogP contribution in [0.3, 0.4) is 0 Å². The van der Waals surface area contributed by atoms with E-state index in [4.69, 9.17) is 4.74 Å². The van der Waals surface area contributed by atoms with Gasteiger partial charge in [0.1, 0.15) is 11.9 Å². The smallest absolute Gasteiger partial charge is 0.170 e. The van der Waals surface area contributed by atoms with Crippen molar-refractivity contribution in [2.75, 3.05) is 0 Å². The van der Waals surface area contributed by atoms with Crippen molar-refractivity contribution in [1.29, 1.82) is 0 Å². The zero-order valence-electron chi connectivity index (χ0n) is 7.62. The zero-order chi connectivity index (χ0) is 9.26. The first kappa shape index (κ1) is 8.30. The van der Waals surface area contributed by atoms with Crippen LogP contribution < -0.4 is 4.74 Å². The van der Waals surface area contributed by atoms with Crippen LogP contribution in [-0.2, 0) is 0 Å². The number of ketones is 1. The molecule has 1 aliphatic heterocycles. The van der Waals surface area contributed by atoms with E-state index in [1.165, 1.54) is 0 Å². The first-order valence-corrected chi connectivity index (χ1v) is 4.60. The first-order chi connectivity index (χ1) is 6.31. The Bertz CT molecular complexity index is 331. The van der Waals surface area contributed by atoms with E-state index < -0.39 is 0 Å². The van der Waals surface area contributed by atoms with Gasteiger partial charge in [-0.2, -0.15) is 0 Å². The molecular formula is C11H12O2. The third kappa shape index (κ3) is 1.44. The van der Waals surface area contributed by atoms with Crippen molar-refractivity contribution >= 4 is 5.78 Å². The Morgan fingerprint density at radius 1 is 1.46 bits per heavy atom. The van der Waals surface area contributed by atoms with Crippen molar-refractivity contribution in [2.24, 2.45) is 0 Å². The maximum absolute atomic E-state index is 11.6. The average molecular weight is 176 g/mol. The standard InChI is InChI=1S/C11H12O2/c1-2-8-7-10(12)9-5-3-4-6-11(9)13-8/h3-6,8H,2,7H2,1H3/t8-/m1/s1. The van der Waals surface area contributed by atoms with Gasteiger partial charge >= 0.3 is 0 Å². The predicted molar refractivity (Wildman–Crippen MR) is 50.1 cm³/mol. The van der Waals surface area contributed by atoms with Crippen LogP contribution >= 0.6 is 0 Å². The normalized spacial score (nSPS) is 20.7. The van der Waals surface area contributed by atoms with Gasteiger partial charge in [-0.15, -0.1) is 0 Å². The first-order valence-electron chi connectivity index (χ1n) is 4.60. The number of benzene rings is 1. The van der Waals surface area contributed by atoms with E-state index in [1.807, 2.05) is 31.2 Å². The number of para-hydroxylation sites is 1. The summed E-state index contributed by atoms with van der Waals surface area (Å²) in [6.07, 6.45) is 1.48. The zero-order valence-corrected chi connectivity index (χ0v) is 7.62. The molecule has 0 bridgehead atoms. The fraction of sp³-hybridized carbons (Fsp3) is 0.364. The summed E-state index contributed by atoms with van der Waals surface area (Å²) in [6.45, 7) is 2.03. The summed E-state index contributed by atoms with van der Waals surface area (Å²) >= 11 is 0. The molecular weight excluding hydrogens is 164 g/mol. The molecule has 1 aliphatic rings. The Kier molecular flexibility index (Phi) is 2.05. The van der Waals surface area contributed by atoms with E-state index in [-0.39, 0.29) is 11.9 Å². The summed E-state index contributed by atoms with van der Waals surface area (Å²) in [5, 5.41) is 0. The van der Waals surface area contributed by atoms with Crippen LogP contribution in [0, 0.1) is 0 Å². The van der Waals surface area contributed by atoms with Gasteiger partial charge in [0.05, 0.1) is 5.56 Å². The highest BCUT2D eigenvalue weighted by molar-refractivity contribution is 5.99. The average Bonchev–Trinajstić information content (AvgIpc) is 2.18. The predicted octanol–water partition coefficient (Wildman–Crippen LogP) is 2.43. The lowest BCUT2D eigenvalue weighted by atomic mass is 10.00. The Balaban J connectivity index is 2.37. The van der Waals surface area contributed by atoms with Crippen molar-refractivity contribution in [3.05, 3.63) is 29.8 Å². The lowest BCUT2D eigenvalue weighted by Crippen LogP contribution is -2.25. The molecule has 2 heteroatoms. The number of hydrogen-bond acceptors (Lipinski definition) is 2. The van der Waals surface area contributed by atoms with E-state index in [2.05, 4.69) is 0 Å². The highest BCUT2D eigenvalue weighted by atomic mass is 16.5. The summed E-state index contributed by atoms with van der Waals surface area (Å²) in [5.74, 6) is 0.944. The van der Waals surface area contributed by atoms with E-state index in [0.29, 0.717) is 6.42 Å². The summed E-state index contributed by atoms with van der Waals surface area (Å²) in [5.41, 5.74) is 0.729. The maximum atomic E-state index is 11.6. The molecule has 0 N–H and O–H groups in total.